The van der Waals surface area contributed by atoms with Crippen LogP contribution in [0.1, 0.15) is 50.7 Å². The molecule has 112 valence electrons. The fraction of sp³-hybridized carbons (Fsp3) is 0.733. The maximum Gasteiger partial charge on any atom is 0.222 e. The predicted octanol–water partition coefficient (Wildman–Crippen LogP) is 4.06. The van der Waals surface area contributed by atoms with Crippen molar-refractivity contribution in [2.45, 2.75) is 52.5 Å². The maximum absolute atomic E-state index is 12.2. The van der Waals surface area contributed by atoms with Gasteiger partial charge in [0.25, 0.3) is 0 Å². The van der Waals surface area contributed by atoms with Crippen LogP contribution in [0.3, 0.4) is 0 Å². The van der Waals surface area contributed by atoms with Crippen molar-refractivity contribution in [3.8, 4) is 0 Å². The van der Waals surface area contributed by atoms with E-state index >= 15 is 0 Å². The van der Waals surface area contributed by atoms with Gasteiger partial charge in [-0.15, -0.1) is 22.9 Å². The smallest absolute Gasteiger partial charge is 0.222 e. The molecule has 1 amide bonds. The van der Waals surface area contributed by atoms with E-state index in [-0.39, 0.29) is 11.3 Å². The Morgan fingerprint density at radius 1 is 1.45 bits per heavy atom. The summed E-state index contributed by atoms with van der Waals surface area (Å²) in [7, 11) is 0. The maximum atomic E-state index is 12.2. The zero-order chi connectivity index (χ0) is 14.8. The van der Waals surface area contributed by atoms with Crippen molar-refractivity contribution < 1.29 is 4.79 Å². The molecule has 1 saturated heterocycles. The molecule has 0 bridgehead atoms. The van der Waals surface area contributed by atoms with Crippen LogP contribution in [-0.2, 0) is 17.2 Å². The van der Waals surface area contributed by atoms with E-state index in [2.05, 4.69) is 25.8 Å². The quantitative estimate of drug-likeness (QED) is 0.788. The minimum absolute atomic E-state index is 0.263. The van der Waals surface area contributed by atoms with Gasteiger partial charge >= 0.3 is 0 Å². The number of halogens is 1. The number of nitrogens with zero attached hydrogens (tertiary/aromatic N) is 2. The minimum atomic E-state index is 0.263. The van der Waals surface area contributed by atoms with Crippen LogP contribution in [0, 0.1) is 11.3 Å². The molecule has 0 N–H and O–H groups in total. The third-order valence-corrected chi connectivity index (χ3v) is 5.25. The highest BCUT2D eigenvalue weighted by Crippen LogP contribution is 2.34. The molecule has 1 aromatic rings. The lowest BCUT2D eigenvalue weighted by atomic mass is 9.77. The number of amides is 1. The fourth-order valence-corrected chi connectivity index (χ4v) is 3.75. The third kappa shape index (κ3) is 3.95. The van der Waals surface area contributed by atoms with E-state index in [1.165, 1.54) is 0 Å². The number of carbonyl (C=O) groups excluding carboxylic acids is 1. The van der Waals surface area contributed by atoms with Gasteiger partial charge < -0.3 is 4.90 Å². The van der Waals surface area contributed by atoms with Crippen LogP contribution >= 0.6 is 22.9 Å². The molecule has 1 atom stereocenters. The lowest BCUT2D eigenvalue weighted by Crippen LogP contribution is -2.30. The Labute approximate surface area is 130 Å². The Kier molecular flexibility index (Phi) is 5.08. The van der Waals surface area contributed by atoms with Crippen molar-refractivity contribution in [2.75, 3.05) is 6.54 Å². The van der Waals surface area contributed by atoms with E-state index in [9.17, 15) is 4.79 Å². The largest absolute Gasteiger partial charge is 0.336 e. The lowest BCUT2D eigenvalue weighted by Gasteiger charge is -2.29. The number of alkyl halides is 1. The van der Waals surface area contributed by atoms with Crippen LogP contribution in [0.15, 0.2) is 5.38 Å². The minimum Gasteiger partial charge on any atom is -0.336 e. The SMILES string of the molecule is CC(C)(C)C1CCC(=O)N(Cc2nc(CCl)cs2)CC1. The molecule has 2 rings (SSSR count). The highest BCUT2D eigenvalue weighted by atomic mass is 35.5. The van der Waals surface area contributed by atoms with Gasteiger partial charge in [-0.1, -0.05) is 20.8 Å². The Hall–Kier alpha value is -0.610. The average Bonchev–Trinajstić information content (AvgIpc) is 2.74. The first-order valence-corrected chi connectivity index (χ1v) is 8.58. The molecule has 0 aliphatic carbocycles. The molecule has 20 heavy (non-hydrogen) atoms. The van der Waals surface area contributed by atoms with Gasteiger partial charge in [0.15, 0.2) is 0 Å². The summed E-state index contributed by atoms with van der Waals surface area (Å²) in [6.45, 7) is 8.29. The molecule has 1 aliphatic heterocycles. The normalized spacial score (nSPS) is 21.1. The summed E-state index contributed by atoms with van der Waals surface area (Å²) in [5.41, 5.74) is 1.19. The predicted molar refractivity (Wildman–Crippen MR) is 83.9 cm³/mol. The summed E-state index contributed by atoms with van der Waals surface area (Å²) < 4.78 is 0. The molecular weight excluding hydrogens is 292 g/mol. The van der Waals surface area contributed by atoms with Crippen LogP contribution in [0.4, 0.5) is 0 Å². The van der Waals surface area contributed by atoms with Crippen molar-refractivity contribution in [3.05, 3.63) is 16.1 Å². The van der Waals surface area contributed by atoms with Crippen molar-refractivity contribution in [2.24, 2.45) is 11.3 Å². The number of rotatable bonds is 3. The molecule has 1 aliphatic rings. The second kappa shape index (κ2) is 6.44. The molecule has 5 heteroatoms. The first-order valence-electron chi connectivity index (χ1n) is 7.17. The number of likely N-dealkylation sites (tertiary alicyclic amines) is 1. The van der Waals surface area contributed by atoms with Crippen molar-refractivity contribution >= 4 is 28.8 Å². The topological polar surface area (TPSA) is 33.2 Å². The number of hydrogen-bond acceptors (Lipinski definition) is 3. The standard InChI is InChI=1S/C15H23ClN2OS/c1-15(2,3)11-4-5-14(19)18(7-6-11)9-13-17-12(8-16)10-20-13/h10-11H,4-9H2,1-3H3. The summed E-state index contributed by atoms with van der Waals surface area (Å²) in [6, 6.07) is 0. The molecule has 1 fully saturated rings. The number of carbonyl (C=O) groups is 1. The monoisotopic (exact) mass is 314 g/mol. The van der Waals surface area contributed by atoms with Crippen molar-refractivity contribution in [3.63, 3.8) is 0 Å². The van der Waals surface area contributed by atoms with Crippen LogP contribution in [0.5, 0.6) is 0 Å². The highest BCUT2D eigenvalue weighted by Gasteiger charge is 2.30. The Bertz CT molecular complexity index is 467. The highest BCUT2D eigenvalue weighted by molar-refractivity contribution is 7.09. The van der Waals surface area contributed by atoms with Gasteiger partial charge in [0.05, 0.1) is 18.1 Å². The second-order valence-corrected chi connectivity index (χ2v) is 7.78. The van der Waals surface area contributed by atoms with Gasteiger partial charge in [-0.25, -0.2) is 4.98 Å². The Balaban J connectivity index is 2.00. The number of thiazole rings is 1. The zero-order valence-corrected chi connectivity index (χ0v) is 14.1. The van der Waals surface area contributed by atoms with E-state index in [0.29, 0.717) is 24.8 Å². The summed E-state index contributed by atoms with van der Waals surface area (Å²) in [5, 5.41) is 2.96. The summed E-state index contributed by atoms with van der Waals surface area (Å²) in [5.74, 6) is 1.32. The van der Waals surface area contributed by atoms with Gasteiger partial charge in [0.1, 0.15) is 5.01 Å². The van der Waals surface area contributed by atoms with E-state index in [4.69, 9.17) is 11.6 Å². The molecule has 2 heterocycles. The molecule has 0 aromatic carbocycles. The average molecular weight is 315 g/mol. The molecular formula is C15H23ClN2OS. The van der Waals surface area contributed by atoms with Crippen LogP contribution < -0.4 is 0 Å². The Morgan fingerprint density at radius 3 is 2.80 bits per heavy atom. The summed E-state index contributed by atoms with van der Waals surface area (Å²) in [6.07, 6.45) is 2.75. The van der Waals surface area contributed by atoms with Gasteiger partial charge in [-0.3, -0.25) is 4.79 Å². The molecule has 0 spiro atoms. The van der Waals surface area contributed by atoms with Gasteiger partial charge in [0.2, 0.25) is 5.91 Å². The first-order chi connectivity index (χ1) is 9.40. The second-order valence-electron chi connectivity index (χ2n) is 6.57. The molecule has 1 unspecified atom stereocenters. The Morgan fingerprint density at radius 2 is 2.20 bits per heavy atom. The molecule has 3 nitrogen and oxygen atoms in total. The van der Waals surface area contributed by atoms with Gasteiger partial charge in [-0.2, -0.15) is 0 Å². The van der Waals surface area contributed by atoms with Gasteiger partial charge in [0, 0.05) is 18.3 Å². The van der Waals surface area contributed by atoms with E-state index in [1.54, 1.807) is 11.3 Å². The number of hydrogen-bond donors (Lipinski definition) is 0. The van der Waals surface area contributed by atoms with Crippen molar-refractivity contribution in [1.29, 1.82) is 0 Å². The molecule has 1 aromatic heterocycles. The fourth-order valence-electron chi connectivity index (χ4n) is 2.72. The van der Waals surface area contributed by atoms with Crippen LogP contribution in [0.2, 0.25) is 0 Å². The zero-order valence-electron chi connectivity index (χ0n) is 12.5. The first kappa shape index (κ1) is 15.8. The molecule has 0 saturated carbocycles. The summed E-state index contributed by atoms with van der Waals surface area (Å²) in [4.78, 5) is 18.7. The van der Waals surface area contributed by atoms with E-state index in [0.717, 1.165) is 30.1 Å². The van der Waals surface area contributed by atoms with Crippen LogP contribution in [0.25, 0.3) is 0 Å². The third-order valence-electron chi connectivity index (χ3n) is 4.09. The number of aromatic nitrogens is 1. The van der Waals surface area contributed by atoms with Crippen molar-refractivity contribution in [1.82, 2.24) is 9.88 Å². The van der Waals surface area contributed by atoms with E-state index < -0.39 is 0 Å². The summed E-state index contributed by atoms with van der Waals surface area (Å²) >= 11 is 7.36. The van der Waals surface area contributed by atoms with E-state index in [1.807, 2.05) is 10.3 Å². The van der Waals surface area contributed by atoms with Gasteiger partial charge in [-0.05, 0) is 24.2 Å². The lowest BCUT2D eigenvalue weighted by molar-refractivity contribution is -0.131. The molecule has 0 radical (unpaired) electrons. The van der Waals surface area contributed by atoms with Crippen LogP contribution in [-0.4, -0.2) is 22.3 Å².